The number of carbonyl (C=O) groups excluding carboxylic acids is 1. The van der Waals surface area contributed by atoms with Crippen LogP contribution in [0.5, 0.6) is 0 Å². The molecule has 0 bridgehead atoms. The molecule has 7 nitrogen and oxygen atoms in total. The number of ketones is 1. The van der Waals surface area contributed by atoms with Crippen molar-refractivity contribution < 1.29 is 9.72 Å². The van der Waals surface area contributed by atoms with E-state index in [2.05, 4.69) is 14.8 Å². The monoisotopic (exact) mass is 252 g/mol. The first-order valence-electron chi connectivity index (χ1n) is 5.83. The van der Waals surface area contributed by atoms with Gasteiger partial charge in [0.25, 0.3) is 5.69 Å². The first-order valence-corrected chi connectivity index (χ1v) is 5.83. The van der Waals surface area contributed by atoms with E-state index in [0.717, 1.165) is 26.2 Å². The number of H-pyrrole nitrogens is 1. The molecule has 0 atom stereocenters. The second-order valence-electron chi connectivity index (χ2n) is 4.53. The Morgan fingerprint density at radius 1 is 1.44 bits per heavy atom. The first kappa shape index (κ1) is 12.7. The SMILES string of the molecule is CN1CCN(CC(=O)c2cc([N+](=O)[O-])c[nH]2)CC1. The van der Waals surface area contributed by atoms with Crippen LogP contribution in [-0.2, 0) is 0 Å². The van der Waals surface area contributed by atoms with Gasteiger partial charge in [-0.2, -0.15) is 0 Å². The van der Waals surface area contributed by atoms with E-state index in [-0.39, 0.29) is 11.5 Å². The van der Waals surface area contributed by atoms with Crippen LogP contribution < -0.4 is 0 Å². The zero-order chi connectivity index (χ0) is 13.1. The van der Waals surface area contributed by atoms with E-state index in [1.807, 2.05) is 7.05 Å². The maximum Gasteiger partial charge on any atom is 0.287 e. The van der Waals surface area contributed by atoms with Gasteiger partial charge in [-0.05, 0) is 7.05 Å². The highest BCUT2D eigenvalue weighted by atomic mass is 16.6. The predicted molar refractivity (Wildman–Crippen MR) is 65.7 cm³/mol. The van der Waals surface area contributed by atoms with E-state index in [1.54, 1.807) is 0 Å². The third-order valence-electron chi connectivity index (χ3n) is 3.14. The molecule has 0 amide bonds. The molecule has 0 aliphatic carbocycles. The van der Waals surface area contributed by atoms with E-state index in [9.17, 15) is 14.9 Å². The van der Waals surface area contributed by atoms with Gasteiger partial charge in [-0.15, -0.1) is 0 Å². The van der Waals surface area contributed by atoms with Crippen LogP contribution in [0.15, 0.2) is 12.3 Å². The first-order chi connectivity index (χ1) is 8.56. The number of carbonyl (C=O) groups is 1. The molecule has 0 unspecified atom stereocenters. The van der Waals surface area contributed by atoms with Gasteiger partial charge >= 0.3 is 0 Å². The van der Waals surface area contributed by atoms with Crippen LogP contribution in [0.1, 0.15) is 10.5 Å². The Bertz CT molecular complexity index is 449. The van der Waals surface area contributed by atoms with Gasteiger partial charge in [0.15, 0.2) is 5.78 Å². The lowest BCUT2D eigenvalue weighted by Gasteiger charge is -2.31. The lowest BCUT2D eigenvalue weighted by atomic mass is 10.2. The van der Waals surface area contributed by atoms with Crippen LogP contribution in [-0.4, -0.2) is 65.3 Å². The maximum absolute atomic E-state index is 11.9. The molecular formula is C11H16N4O3. The minimum atomic E-state index is -0.511. The van der Waals surface area contributed by atoms with Gasteiger partial charge in [-0.1, -0.05) is 0 Å². The lowest BCUT2D eigenvalue weighted by Crippen LogP contribution is -2.46. The molecule has 1 saturated heterocycles. The summed E-state index contributed by atoms with van der Waals surface area (Å²) >= 11 is 0. The van der Waals surface area contributed by atoms with E-state index in [4.69, 9.17) is 0 Å². The number of nitrogens with zero attached hydrogens (tertiary/aromatic N) is 3. The van der Waals surface area contributed by atoms with Crippen molar-refractivity contribution in [1.29, 1.82) is 0 Å². The topological polar surface area (TPSA) is 82.5 Å². The number of likely N-dealkylation sites (N-methyl/N-ethyl adjacent to an activating group) is 1. The third kappa shape index (κ3) is 2.93. The number of piperazine rings is 1. The summed E-state index contributed by atoms with van der Waals surface area (Å²) in [6.07, 6.45) is 1.25. The number of aromatic amines is 1. The summed E-state index contributed by atoms with van der Waals surface area (Å²) in [6.45, 7) is 3.90. The number of nitro groups is 1. The van der Waals surface area contributed by atoms with E-state index in [1.165, 1.54) is 12.3 Å². The zero-order valence-electron chi connectivity index (χ0n) is 10.3. The fraction of sp³-hybridized carbons (Fsp3) is 0.545. The van der Waals surface area contributed by atoms with Crippen LogP contribution in [0.2, 0.25) is 0 Å². The standard InChI is InChI=1S/C11H16N4O3/c1-13-2-4-14(5-3-13)8-11(16)10-6-9(7-12-10)15(17)18/h6-7,12H,2-5,8H2,1H3. The summed E-state index contributed by atoms with van der Waals surface area (Å²) in [6, 6.07) is 1.29. The van der Waals surface area contributed by atoms with Gasteiger partial charge in [-0.3, -0.25) is 19.8 Å². The Hall–Kier alpha value is -1.73. The fourth-order valence-electron chi connectivity index (χ4n) is 1.94. The molecule has 1 aromatic heterocycles. The van der Waals surface area contributed by atoms with E-state index >= 15 is 0 Å². The number of Topliss-reactive ketones (excluding diaryl/α,β-unsaturated/α-hetero) is 1. The van der Waals surface area contributed by atoms with Crippen LogP contribution in [0.3, 0.4) is 0 Å². The molecule has 0 radical (unpaired) electrons. The quantitative estimate of drug-likeness (QED) is 0.475. The van der Waals surface area contributed by atoms with Crippen molar-refractivity contribution in [3.8, 4) is 0 Å². The van der Waals surface area contributed by atoms with Crippen molar-refractivity contribution in [3.63, 3.8) is 0 Å². The number of aromatic nitrogens is 1. The van der Waals surface area contributed by atoms with E-state index < -0.39 is 4.92 Å². The zero-order valence-corrected chi connectivity index (χ0v) is 10.3. The van der Waals surface area contributed by atoms with Gasteiger partial charge in [0.1, 0.15) is 0 Å². The predicted octanol–water partition coefficient (Wildman–Crippen LogP) is 0.353. The van der Waals surface area contributed by atoms with Crippen molar-refractivity contribution >= 4 is 11.5 Å². The molecule has 1 aliphatic rings. The Morgan fingerprint density at radius 2 is 2.11 bits per heavy atom. The second kappa shape index (κ2) is 5.28. The summed E-state index contributed by atoms with van der Waals surface area (Å²) in [5, 5.41) is 10.5. The molecule has 0 aromatic carbocycles. The molecule has 0 spiro atoms. The molecule has 7 heteroatoms. The summed E-state index contributed by atoms with van der Waals surface area (Å²) in [5.41, 5.74) is 0.234. The number of hydrogen-bond acceptors (Lipinski definition) is 5. The highest BCUT2D eigenvalue weighted by molar-refractivity contribution is 5.96. The molecular weight excluding hydrogens is 236 g/mol. The van der Waals surface area contributed by atoms with Crippen LogP contribution in [0.25, 0.3) is 0 Å². The van der Waals surface area contributed by atoms with Gasteiger partial charge in [0.2, 0.25) is 0 Å². The third-order valence-corrected chi connectivity index (χ3v) is 3.14. The highest BCUT2D eigenvalue weighted by Gasteiger charge is 2.19. The molecule has 1 aromatic rings. The summed E-state index contributed by atoms with van der Waals surface area (Å²) < 4.78 is 0. The summed E-state index contributed by atoms with van der Waals surface area (Å²) in [4.78, 5) is 28.9. The van der Waals surface area contributed by atoms with Gasteiger partial charge < -0.3 is 9.88 Å². The number of hydrogen-bond donors (Lipinski definition) is 1. The summed E-state index contributed by atoms with van der Waals surface area (Å²) in [7, 11) is 2.05. The van der Waals surface area contributed by atoms with Crippen molar-refractivity contribution in [2.45, 2.75) is 0 Å². The Balaban J connectivity index is 1.93. The average molecular weight is 252 g/mol. The Labute approximate surface area is 105 Å². The van der Waals surface area contributed by atoms with Crippen LogP contribution >= 0.6 is 0 Å². The highest BCUT2D eigenvalue weighted by Crippen LogP contribution is 2.13. The summed E-state index contributed by atoms with van der Waals surface area (Å²) in [5.74, 6) is -0.104. The molecule has 18 heavy (non-hydrogen) atoms. The Kier molecular flexibility index (Phi) is 3.73. The minimum absolute atomic E-state index is 0.0725. The Morgan fingerprint density at radius 3 is 2.67 bits per heavy atom. The van der Waals surface area contributed by atoms with Gasteiger partial charge in [0.05, 0.1) is 23.4 Å². The number of rotatable bonds is 4. The van der Waals surface area contributed by atoms with Gasteiger partial charge in [0, 0.05) is 32.2 Å². The minimum Gasteiger partial charge on any atom is -0.353 e. The molecule has 1 aliphatic heterocycles. The normalized spacial score (nSPS) is 17.8. The number of nitrogens with one attached hydrogen (secondary N) is 1. The van der Waals surface area contributed by atoms with Crippen LogP contribution in [0.4, 0.5) is 5.69 Å². The second-order valence-corrected chi connectivity index (χ2v) is 4.53. The van der Waals surface area contributed by atoms with E-state index in [0.29, 0.717) is 12.2 Å². The maximum atomic E-state index is 11.9. The fourth-order valence-corrected chi connectivity index (χ4v) is 1.94. The van der Waals surface area contributed by atoms with Crippen molar-refractivity contribution in [2.24, 2.45) is 0 Å². The van der Waals surface area contributed by atoms with Crippen molar-refractivity contribution in [2.75, 3.05) is 39.8 Å². The lowest BCUT2D eigenvalue weighted by molar-refractivity contribution is -0.384. The average Bonchev–Trinajstić information content (AvgIpc) is 2.81. The van der Waals surface area contributed by atoms with Gasteiger partial charge in [-0.25, -0.2) is 0 Å². The van der Waals surface area contributed by atoms with Crippen molar-refractivity contribution in [3.05, 3.63) is 28.1 Å². The van der Waals surface area contributed by atoms with Crippen LogP contribution in [0, 0.1) is 10.1 Å². The molecule has 98 valence electrons. The molecule has 2 rings (SSSR count). The van der Waals surface area contributed by atoms with Crippen molar-refractivity contribution in [1.82, 2.24) is 14.8 Å². The molecule has 2 heterocycles. The molecule has 1 fully saturated rings. The molecule has 0 saturated carbocycles. The largest absolute Gasteiger partial charge is 0.353 e. The smallest absolute Gasteiger partial charge is 0.287 e. The molecule has 1 N–H and O–H groups in total.